The van der Waals surface area contributed by atoms with E-state index >= 15 is 0 Å². The third-order valence-electron chi connectivity index (χ3n) is 4.07. The van der Waals surface area contributed by atoms with Gasteiger partial charge in [0.05, 0.1) is 25.7 Å². The van der Waals surface area contributed by atoms with Crippen molar-refractivity contribution in [3.8, 4) is 17.2 Å². The number of nitrogens with one attached hydrogen (secondary N) is 1. The highest BCUT2D eigenvalue weighted by Crippen LogP contribution is 2.31. The van der Waals surface area contributed by atoms with E-state index in [0.29, 0.717) is 19.0 Å². The summed E-state index contributed by atoms with van der Waals surface area (Å²) in [6.45, 7) is 7.32. The van der Waals surface area contributed by atoms with Gasteiger partial charge in [-0.15, -0.1) is 0 Å². The van der Waals surface area contributed by atoms with Crippen molar-refractivity contribution in [2.24, 2.45) is 0 Å². The van der Waals surface area contributed by atoms with Gasteiger partial charge in [-0.1, -0.05) is 32.0 Å². The topological polar surface area (TPSA) is 67.8 Å². The highest BCUT2D eigenvalue weighted by Gasteiger charge is 2.14. The standard InChI is InChI=1S/C22H29NO4/c1-4-12-26-20-11-8-18(15-21(20)27-13-5-2)16(3)23-22(25)14-17-6-9-19(24)10-7-17/h6-11,15-16,24H,4-5,12-14H2,1-3H3,(H,23,25). The Morgan fingerprint density at radius 1 is 1.00 bits per heavy atom. The second kappa shape index (κ2) is 10.5. The number of benzene rings is 2. The van der Waals surface area contributed by atoms with Gasteiger partial charge in [0.15, 0.2) is 11.5 Å². The van der Waals surface area contributed by atoms with Gasteiger partial charge in [-0.05, 0) is 55.2 Å². The van der Waals surface area contributed by atoms with Gasteiger partial charge in [-0.3, -0.25) is 4.79 Å². The normalized spacial score (nSPS) is 11.7. The van der Waals surface area contributed by atoms with Crippen molar-refractivity contribution >= 4 is 5.91 Å². The number of phenols is 1. The monoisotopic (exact) mass is 371 g/mol. The van der Waals surface area contributed by atoms with Crippen LogP contribution in [0.1, 0.15) is 50.8 Å². The highest BCUT2D eigenvalue weighted by atomic mass is 16.5. The van der Waals surface area contributed by atoms with Crippen LogP contribution in [0, 0.1) is 0 Å². The van der Waals surface area contributed by atoms with Gasteiger partial charge >= 0.3 is 0 Å². The number of aromatic hydroxyl groups is 1. The van der Waals surface area contributed by atoms with Crippen LogP contribution in [0.4, 0.5) is 0 Å². The van der Waals surface area contributed by atoms with Gasteiger partial charge in [0, 0.05) is 0 Å². The van der Waals surface area contributed by atoms with Crippen LogP contribution in [-0.2, 0) is 11.2 Å². The minimum atomic E-state index is -0.154. The molecule has 0 aliphatic rings. The van der Waals surface area contributed by atoms with Crippen molar-refractivity contribution in [3.63, 3.8) is 0 Å². The Morgan fingerprint density at radius 3 is 2.26 bits per heavy atom. The molecule has 2 aromatic carbocycles. The van der Waals surface area contributed by atoms with E-state index in [1.54, 1.807) is 24.3 Å². The largest absolute Gasteiger partial charge is 0.508 e. The fourth-order valence-electron chi connectivity index (χ4n) is 2.63. The lowest BCUT2D eigenvalue weighted by atomic mass is 10.1. The second-order valence-electron chi connectivity index (χ2n) is 6.54. The first-order valence-electron chi connectivity index (χ1n) is 9.50. The van der Waals surface area contributed by atoms with E-state index in [9.17, 15) is 9.90 Å². The van der Waals surface area contributed by atoms with Crippen LogP contribution in [0.3, 0.4) is 0 Å². The van der Waals surface area contributed by atoms with Gasteiger partial charge in [-0.2, -0.15) is 0 Å². The van der Waals surface area contributed by atoms with Crippen molar-refractivity contribution in [2.45, 2.75) is 46.1 Å². The molecule has 1 unspecified atom stereocenters. The predicted octanol–water partition coefficient (Wildman–Crippen LogP) is 4.39. The van der Waals surface area contributed by atoms with E-state index in [0.717, 1.165) is 29.7 Å². The SMILES string of the molecule is CCCOc1ccc(C(C)NC(=O)Cc2ccc(O)cc2)cc1OCCC. The third-order valence-corrected chi connectivity index (χ3v) is 4.07. The summed E-state index contributed by atoms with van der Waals surface area (Å²) in [4.78, 5) is 12.3. The van der Waals surface area contributed by atoms with Crippen LogP contribution in [0.15, 0.2) is 42.5 Å². The Balaban J connectivity index is 2.04. The number of hydrogen-bond donors (Lipinski definition) is 2. The molecule has 2 N–H and O–H groups in total. The van der Waals surface area contributed by atoms with E-state index < -0.39 is 0 Å². The fraction of sp³-hybridized carbons (Fsp3) is 0.409. The quantitative estimate of drug-likeness (QED) is 0.650. The van der Waals surface area contributed by atoms with Gasteiger partial charge < -0.3 is 19.9 Å². The maximum absolute atomic E-state index is 12.3. The van der Waals surface area contributed by atoms with E-state index in [-0.39, 0.29) is 24.1 Å². The molecule has 0 bridgehead atoms. The summed E-state index contributed by atoms with van der Waals surface area (Å²) in [7, 11) is 0. The van der Waals surface area contributed by atoms with Crippen molar-refractivity contribution in [1.82, 2.24) is 5.32 Å². The smallest absolute Gasteiger partial charge is 0.224 e. The van der Waals surface area contributed by atoms with E-state index in [1.165, 1.54) is 0 Å². The summed E-state index contributed by atoms with van der Waals surface area (Å²) in [6.07, 6.45) is 2.11. The van der Waals surface area contributed by atoms with Crippen LogP contribution in [0.5, 0.6) is 17.2 Å². The van der Waals surface area contributed by atoms with Crippen LogP contribution >= 0.6 is 0 Å². The Morgan fingerprint density at radius 2 is 1.63 bits per heavy atom. The van der Waals surface area contributed by atoms with E-state index in [2.05, 4.69) is 19.2 Å². The molecule has 2 aromatic rings. The number of amides is 1. The summed E-state index contributed by atoms with van der Waals surface area (Å²) in [5.41, 5.74) is 1.82. The molecule has 0 heterocycles. The lowest BCUT2D eigenvalue weighted by Gasteiger charge is -2.18. The molecule has 0 saturated heterocycles. The van der Waals surface area contributed by atoms with Crippen molar-refractivity contribution in [2.75, 3.05) is 13.2 Å². The molecule has 0 saturated carbocycles. The molecule has 1 amide bonds. The molecule has 0 aliphatic heterocycles. The number of carbonyl (C=O) groups is 1. The molecule has 1 atom stereocenters. The number of phenolic OH excluding ortho intramolecular Hbond substituents is 1. The molecule has 146 valence electrons. The first kappa shape index (κ1) is 20.6. The lowest BCUT2D eigenvalue weighted by Crippen LogP contribution is -2.28. The second-order valence-corrected chi connectivity index (χ2v) is 6.54. The van der Waals surface area contributed by atoms with E-state index in [1.807, 2.05) is 25.1 Å². The van der Waals surface area contributed by atoms with Crippen molar-refractivity contribution < 1.29 is 19.4 Å². The zero-order chi connectivity index (χ0) is 19.6. The molecule has 2 rings (SSSR count). The maximum atomic E-state index is 12.3. The number of carbonyl (C=O) groups excluding carboxylic acids is 1. The van der Waals surface area contributed by atoms with Gasteiger partial charge in [0.2, 0.25) is 5.91 Å². The van der Waals surface area contributed by atoms with Crippen molar-refractivity contribution in [1.29, 1.82) is 0 Å². The predicted molar refractivity (Wildman–Crippen MR) is 106 cm³/mol. The minimum absolute atomic E-state index is 0.0736. The Hall–Kier alpha value is -2.69. The summed E-state index contributed by atoms with van der Waals surface area (Å²) in [5.74, 6) is 1.56. The molecule has 27 heavy (non-hydrogen) atoms. The van der Waals surface area contributed by atoms with Gasteiger partial charge in [-0.25, -0.2) is 0 Å². The first-order chi connectivity index (χ1) is 13.0. The Kier molecular flexibility index (Phi) is 7.99. The molecule has 0 aliphatic carbocycles. The minimum Gasteiger partial charge on any atom is -0.508 e. The molecule has 5 nitrogen and oxygen atoms in total. The molecule has 5 heteroatoms. The lowest BCUT2D eigenvalue weighted by molar-refractivity contribution is -0.121. The molecule has 0 radical (unpaired) electrons. The molecule has 0 fully saturated rings. The van der Waals surface area contributed by atoms with Crippen LogP contribution in [0.25, 0.3) is 0 Å². The summed E-state index contributed by atoms with van der Waals surface area (Å²) < 4.78 is 11.6. The highest BCUT2D eigenvalue weighted by molar-refractivity contribution is 5.79. The number of rotatable bonds is 10. The first-order valence-corrected chi connectivity index (χ1v) is 9.50. The zero-order valence-electron chi connectivity index (χ0n) is 16.3. The molecular formula is C22H29NO4. The summed E-state index contributed by atoms with van der Waals surface area (Å²) in [5, 5.41) is 12.3. The number of hydrogen-bond acceptors (Lipinski definition) is 4. The average Bonchev–Trinajstić information content (AvgIpc) is 2.66. The summed E-state index contributed by atoms with van der Waals surface area (Å²) in [6, 6.07) is 12.3. The molecular weight excluding hydrogens is 342 g/mol. The Labute approximate surface area is 161 Å². The number of ether oxygens (including phenoxy) is 2. The molecule has 0 aromatic heterocycles. The van der Waals surface area contributed by atoms with Crippen LogP contribution in [-0.4, -0.2) is 24.2 Å². The van der Waals surface area contributed by atoms with Gasteiger partial charge in [0.1, 0.15) is 5.75 Å². The maximum Gasteiger partial charge on any atom is 0.224 e. The van der Waals surface area contributed by atoms with Crippen LogP contribution < -0.4 is 14.8 Å². The van der Waals surface area contributed by atoms with E-state index in [4.69, 9.17) is 9.47 Å². The Bertz CT molecular complexity index is 728. The fourth-order valence-corrected chi connectivity index (χ4v) is 2.63. The summed E-state index contributed by atoms with van der Waals surface area (Å²) >= 11 is 0. The average molecular weight is 371 g/mol. The third kappa shape index (κ3) is 6.51. The molecule has 0 spiro atoms. The van der Waals surface area contributed by atoms with Gasteiger partial charge in [0.25, 0.3) is 0 Å². The van der Waals surface area contributed by atoms with Crippen LogP contribution in [0.2, 0.25) is 0 Å². The zero-order valence-corrected chi connectivity index (χ0v) is 16.3. The van der Waals surface area contributed by atoms with Crippen molar-refractivity contribution in [3.05, 3.63) is 53.6 Å².